The van der Waals surface area contributed by atoms with E-state index in [2.05, 4.69) is 10.1 Å². The SMILES string of the molecule is Cc1ccc(N2C[C@@H](c3noc(-c4ccc5c(c4)OCO5)n3)CC2=O)cc1. The first kappa shape index (κ1) is 15.9. The van der Waals surface area contributed by atoms with Gasteiger partial charge in [-0.25, -0.2) is 0 Å². The second kappa shape index (κ2) is 6.12. The molecular weight excluding hydrogens is 346 g/mol. The first-order valence-electron chi connectivity index (χ1n) is 8.78. The lowest BCUT2D eigenvalue weighted by Gasteiger charge is -2.16. The molecular formula is C20H17N3O4. The van der Waals surface area contributed by atoms with Gasteiger partial charge in [0.15, 0.2) is 17.3 Å². The van der Waals surface area contributed by atoms with Gasteiger partial charge in [-0.15, -0.1) is 0 Å². The van der Waals surface area contributed by atoms with Crippen LogP contribution in [0.1, 0.15) is 23.7 Å². The smallest absolute Gasteiger partial charge is 0.258 e. The normalized spacial score (nSPS) is 18.3. The van der Waals surface area contributed by atoms with Crippen LogP contribution >= 0.6 is 0 Å². The highest BCUT2D eigenvalue weighted by Gasteiger charge is 2.34. The molecule has 0 unspecified atom stereocenters. The lowest BCUT2D eigenvalue weighted by Crippen LogP contribution is -2.24. The number of nitrogens with zero attached hydrogens (tertiary/aromatic N) is 3. The Morgan fingerprint density at radius 1 is 1.07 bits per heavy atom. The molecule has 2 aromatic carbocycles. The zero-order valence-corrected chi connectivity index (χ0v) is 14.7. The fraction of sp³-hybridized carbons (Fsp3) is 0.250. The van der Waals surface area contributed by atoms with Crippen LogP contribution in [-0.2, 0) is 4.79 Å². The summed E-state index contributed by atoms with van der Waals surface area (Å²) in [5, 5.41) is 4.11. The van der Waals surface area contributed by atoms with Gasteiger partial charge in [-0.05, 0) is 37.3 Å². The number of rotatable bonds is 3. The van der Waals surface area contributed by atoms with Gasteiger partial charge in [-0.2, -0.15) is 4.98 Å². The van der Waals surface area contributed by atoms with E-state index >= 15 is 0 Å². The molecule has 1 saturated heterocycles. The van der Waals surface area contributed by atoms with Gasteiger partial charge >= 0.3 is 0 Å². The second-order valence-electron chi connectivity index (χ2n) is 6.77. The number of carbonyl (C=O) groups excluding carboxylic acids is 1. The van der Waals surface area contributed by atoms with E-state index in [0.717, 1.165) is 16.8 Å². The maximum absolute atomic E-state index is 12.5. The van der Waals surface area contributed by atoms with Gasteiger partial charge in [0.2, 0.25) is 12.7 Å². The van der Waals surface area contributed by atoms with Crippen molar-refractivity contribution in [3.8, 4) is 23.0 Å². The molecule has 3 aromatic rings. The van der Waals surface area contributed by atoms with E-state index in [1.54, 1.807) is 4.90 Å². The summed E-state index contributed by atoms with van der Waals surface area (Å²) in [6.07, 6.45) is 0.369. The summed E-state index contributed by atoms with van der Waals surface area (Å²) in [5.74, 6) is 2.29. The number of hydrogen-bond acceptors (Lipinski definition) is 6. The number of hydrogen-bond donors (Lipinski definition) is 0. The standard InChI is InChI=1S/C20H17N3O4/c1-12-2-5-15(6-3-12)23-10-14(9-18(23)24)19-21-20(27-22-19)13-4-7-16-17(8-13)26-11-25-16/h2-8,14H,9-11H2,1H3/t14-/m0/s1. The molecule has 2 aliphatic heterocycles. The molecule has 2 aliphatic rings. The fourth-order valence-corrected chi connectivity index (χ4v) is 3.40. The molecule has 1 aromatic heterocycles. The van der Waals surface area contributed by atoms with Crippen molar-refractivity contribution in [3.63, 3.8) is 0 Å². The van der Waals surface area contributed by atoms with Crippen LogP contribution in [0.25, 0.3) is 11.5 Å². The molecule has 1 amide bonds. The zero-order valence-electron chi connectivity index (χ0n) is 14.7. The van der Waals surface area contributed by atoms with Crippen molar-refractivity contribution in [2.45, 2.75) is 19.3 Å². The summed E-state index contributed by atoms with van der Waals surface area (Å²) in [7, 11) is 0. The molecule has 5 rings (SSSR count). The summed E-state index contributed by atoms with van der Waals surface area (Å²) in [6.45, 7) is 2.78. The molecule has 0 saturated carbocycles. The quantitative estimate of drug-likeness (QED) is 0.711. The Morgan fingerprint density at radius 3 is 2.74 bits per heavy atom. The first-order valence-corrected chi connectivity index (χ1v) is 8.78. The van der Waals surface area contributed by atoms with Gasteiger partial charge in [0.25, 0.3) is 5.89 Å². The second-order valence-corrected chi connectivity index (χ2v) is 6.77. The van der Waals surface area contributed by atoms with E-state index in [1.807, 2.05) is 49.4 Å². The van der Waals surface area contributed by atoms with Gasteiger partial charge in [-0.3, -0.25) is 4.79 Å². The van der Waals surface area contributed by atoms with Crippen molar-refractivity contribution in [3.05, 3.63) is 53.9 Å². The molecule has 0 aliphatic carbocycles. The minimum absolute atomic E-state index is 0.0679. The molecule has 7 nitrogen and oxygen atoms in total. The van der Waals surface area contributed by atoms with Gasteiger partial charge < -0.3 is 18.9 Å². The minimum atomic E-state index is -0.0923. The highest BCUT2D eigenvalue weighted by molar-refractivity contribution is 5.96. The van der Waals surface area contributed by atoms with Gasteiger partial charge in [0, 0.05) is 30.1 Å². The number of aromatic nitrogens is 2. The Balaban J connectivity index is 1.37. The van der Waals surface area contributed by atoms with Crippen molar-refractivity contribution in [1.82, 2.24) is 10.1 Å². The van der Waals surface area contributed by atoms with Crippen LogP contribution in [-0.4, -0.2) is 29.4 Å². The minimum Gasteiger partial charge on any atom is -0.454 e. The maximum Gasteiger partial charge on any atom is 0.258 e. The first-order chi connectivity index (χ1) is 13.2. The topological polar surface area (TPSA) is 77.7 Å². The number of ether oxygens (including phenoxy) is 2. The van der Waals surface area contributed by atoms with Crippen LogP contribution in [0, 0.1) is 6.92 Å². The Kier molecular flexibility index (Phi) is 3.60. The predicted octanol–water partition coefficient (Wildman–Crippen LogP) is 3.29. The number of fused-ring (bicyclic) bond motifs is 1. The van der Waals surface area contributed by atoms with E-state index in [4.69, 9.17) is 14.0 Å². The maximum atomic E-state index is 12.5. The van der Waals surface area contributed by atoms with E-state index in [0.29, 0.717) is 36.2 Å². The van der Waals surface area contributed by atoms with Crippen molar-refractivity contribution in [2.24, 2.45) is 0 Å². The Morgan fingerprint density at radius 2 is 1.89 bits per heavy atom. The predicted molar refractivity (Wildman–Crippen MR) is 96.7 cm³/mol. The van der Waals surface area contributed by atoms with Crippen LogP contribution in [0.3, 0.4) is 0 Å². The molecule has 0 radical (unpaired) electrons. The fourth-order valence-electron chi connectivity index (χ4n) is 3.40. The summed E-state index contributed by atoms with van der Waals surface area (Å²) in [4.78, 5) is 18.7. The molecule has 0 bridgehead atoms. The average molecular weight is 363 g/mol. The molecule has 0 spiro atoms. The number of carbonyl (C=O) groups is 1. The van der Waals surface area contributed by atoms with Crippen LogP contribution in [0.15, 0.2) is 47.0 Å². The largest absolute Gasteiger partial charge is 0.454 e. The van der Waals surface area contributed by atoms with Crippen molar-refractivity contribution in [1.29, 1.82) is 0 Å². The molecule has 3 heterocycles. The van der Waals surface area contributed by atoms with Crippen LogP contribution < -0.4 is 14.4 Å². The van der Waals surface area contributed by atoms with Crippen molar-refractivity contribution >= 4 is 11.6 Å². The number of benzene rings is 2. The van der Waals surface area contributed by atoms with E-state index in [-0.39, 0.29) is 18.6 Å². The molecule has 1 atom stereocenters. The van der Waals surface area contributed by atoms with E-state index < -0.39 is 0 Å². The molecule has 136 valence electrons. The highest BCUT2D eigenvalue weighted by Crippen LogP contribution is 2.36. The summed E-state index contributed by atoms with van der Waals surface area (Å²) < 4.78 is 16.1. The molecule has 0 N–H and O–H groups in total. The van der Waals surface area contributed by atoms with Gasteiger partial charge in [0.1, 0.15) is 0 Å². The third kappa shape index (κ3) is 2.81. The van der Waals surface area contributed by atoms with Gasteiger partial charge in [-0.1, -0.05) is 22.9 Å². The lowest BCUT2D eigenvalue weighted by molar-refractivity contribution is -0.117. The zero-order chi connectivity index (χ0) is 18.4. The number of anilines is 1. The molecule has 1 fully saturated rings. The molecule has 7 heteroatoms. The summed E-state index contributed by atoms with van der Waals surface area (Å²) in [5.41, 5.74) is 2.82. The van der Waals surface area contributed by atoms with Crippen molar-refractivity contribution < 1.29 is 18.8 Å². The Bertz CT molecular complexity index is 1010. The Hall–Kier alpha value is -3.35. The third-order valence-corrected chi connectivity index (χ3v) is 4.90. The number of aryl methyl sites for hydroxylation is 1. The molecule has 27 heavy (non-hydrogen) atoms. The highest BCUT2D eigenvalue weighted by atomic mass is 16.7. The summed E-state index contributed by atoms with van der Waals surface area (Å²) >= 11 is 0. The van der Waals surface area contributed by atoms with Crippen molar-refractivity contribution in [2.75, 3.05) is 18.2 Å². The number of amides is 1. The van der Waals surface area contributed by atoms with Crippen LogP contribution in [0.2, 0.25) is 0 Å². The monoisotopic (exact) mass is 363 g/mol. The van der Waals surface area contributed by atoms with E-state index in [9.17, 15) is 4.79 Å². The van der Waals surface area contributed by atoms with Crippen LogP contribution in [0.4, 0.5) is 5.69 Å². The summed E-state index contributed by atoms with van der Waals surface area (Å²) in [6, 6.07) is 13.4. The van der Waals surface area contributed by atoms with Crippen LogP contribution in [0.5, 0.6) is 11.5 Å². The Labute approximate surface area is 155 Å². The average Bonchev–Trinajstić information content (AvgIpc) is 3.41. The lowest BCUT2D eigenvalue weighted by atomic mass is 10.1. The van der Waals surface area contributed by atoms with Gasteiger partial charge in [0.05, 0.1) is 0 Å². The van der Waals surface area contributed by atoms with E-state index in [1.165, 1.54) is 0 Å². The third-order valence-electron chi connectivity index (χ3n) is 4.90.